The standard InChI is InChI=1S/C14H23N3O3/c1-10(2)14-15-12(16-20-14)9-17-7-3-4-11(8-17)5-6-13(18)19/h10-11H,3-9H2,1-2H3,(H,18,19). The lowest BCUT2D eigenvalue weighted by Crippen LogP contribution is -2.35. The number of piperidine rings is 1. The molecule has 1 aliphatic heterocycles. The van der Waals surface area contributed by atoms with Gasteiger partial charge in [0.2, 0.25) is 5.89 Å². The highest BCUT2D eigenvalue weighted by Crippen LogP contribution is 2.22. The Bertz CT molecular complexity index is 445. The normalized spacial score (nSPS) is 20.4. The fourth-order valence-electron chi connectivity index (χ4n) is 2.62. The molecule has 0 saturated carbocycles. The van der Waals surface area contributed by atoms with Crippen LogP contribution in [0.25, 0.3) is 0 Å². The van der Waals surface area contributed by atoms with E-state index in [4.69, 9.17) is 9.63 Å². The number of nitrogens with zero attached hydrogens (tertiary/aromatic N) is 3. The Morgan fingerprint density at radius 1 is 1.55 bits per heavy atom. The van der Waals surface area contributed by atoms with E-state index in [1.165, 1.54) is 0 Å². The van der Waals surface area contributed by atoms with Crippen LogP contribution < -0.4 is 0 Å². The topological polar surface area (TPSA) is 79.5 Å². The lowest BCUT2D eigenvalue weighted by atomic mass is 9.93. The summed E-state index contributed by atoms with van der Waals surface area (Å²) >= 11 is 0. The number of likely N-dealkylation sites (tertiary alicyclic amines) is 1. The van der Waals surface area contributed by atoms with E-state index in [1.54, 1.807) is 0 Å². The third-order valence-electron chi connectivity index (χ3n) is 3.71. The van der Waals surface area contributed by atoms with Crippen molar-refractivity contribution in [3.05, 3.63) is 11.7 Å². The molecule has 1 aromatic heterocycles. The summed E-state index contributed by atoms with van der Waals surface area (Å²) in [6.45, 7) is 6.70. The Morgan fingerprint density at radius 2 is 2.35 bits per heavy atom. The number of carboxylic acid groups (broad SMARTS) is 1. The van der Waals surface area contributed by atoms with Crippen molar-refractivity contribution in [2.45, 2.75) is 52.0 Å². The summed E-state index contributed by atoms with van der Waals surface area (Å²) in [6, 6.07) is 0. The summed E-state index contributed by atoms with van der Waals surface area (Å²) < 4.78 is 5.21. The molecule has 1 unspecified atom stereocenters. The largest absolute Gasteiger partial charge is 0.481 e. The minimum absolute atomic E-state index is 0.251. The highest BCUT2D eigenvalue weighted by Gasteiger charge is 2.22. The molecule has 0 bridgehead atoms. The van der Waals surface area contributed by atoms with Gasteiger partial charge in [-0.25, -0.2) is 0 Å². The highest BCUT2D eigenvalue weighted by molar-refractivity contribution is 5.66. The van der Waals surface area contributed by atoms with E-state index in [0.29, 0.717) is 18.4 Å². The van der Waals surface area contributed by atoms with Crippen LogP contribution in [0.1, 0.15) is 57.2 Å². The molecule has 1 atom stereocenters. The SMILES string of the molecule is CC(C)c1nc(CN2CCCC(CCC(=O)O)C2)no1. The van der Waals surface area contributed by atoms with E-state index in [9.17, 15) is 4.79 Å². The van der Waals surface area contributed by atoms with Gasteiger partial charge in [-0.1, -0.05) is 19.0 Å². The number of hydrogen-bond donors (Lipinski definition) is 1. The second-order valence-corrected chi connectivity index (χ2v) is 5.88. The molecular formula is C14H23N3O3. The first-order valence-corrected chi connectivity index (χ1v) is 7.31. The van der Waals surface area contributed by atoms with Crippen LogP contribution in [0.2, 0.25) is 0 Å². The second-order valence-electron chi connectivity index (χ2n) is 5.88. The van der Waals surface area contributed by atoms with Crippen LogP contribution in [-0.2, 0) is 11.3 Å². The molecule has 112 valence electrons. The second kappa shape index (κ2) is 6.83. The summed E-state index contributed by atoms with van der Waals surface area (Å²) in [5.41, 5.74) is 0. The Balaban J connectivity index is 1.84. The molecule has 1 aromatic rings. The van der Waals surface area contributed by atoms with Gasteiger partial charge >= 0.3 is 5.97 Å². The predicted octanol–water partition coefficient (Wildman–Crippen LogP) is 2.27. The predicted molar refractivity (Wildman–Crippen MR) is 73.3 cm³/mol. The summed E-state index contributed by atoms with van der Waals surface area (Å²) in [7, 11) is 0. The summed E-state index contributed by atoms with van der Waals surface area (Å²) in [4.78, 5) is 17.3. The molecule has 1 fully saturated rings. The van der Waals surface area contributed by atoms with Gasteiger partial charge in [0.25, 0.3) is 0 Å². The molecule has 6 heteroatoms. The molecular weight excluding hydrogens is 258 g/mol. The zero-order chi connectivity index (χ0) is 14.5. The fraction of sp³-hybridized carbons (Fsp3) is 0.786. The van der Waals surface area contributed by atoms with Gasteiger partial charge in [0.15, 0.2) is 5.82 Å². The number of rotatable bonds is 6. The Hall–Kier alpha value is -1.43. The van der Waals surface area contributed by atoms with Crippen LogP contribution >= 0.6 is 0 Å². The minimum Gasteiger partial charge on any atom is -0.481 e. The van der Waals surface area contributed by atoms with Crippen LogP contribution in [0.15, 0.2) is 4.52 Å². The van der Waals surface area contributed by atoms with E-state index >= 15 is 0 Å². The molecule has 1 N–H and O–H groups in total. The maximum atomic E-state index is 10.6. The van der Waals surface area contributed by atoms with Crippen molar-refractivity contribution < 1.29 is 14.4 Å². The van der Waals surface area contributed by atoms with Gasteiger partial charge in [0, 0.05) is 18.9 Å². The molecule has 0 amide bonds. The van der Waals surface area contributed by atoms with Gasteiger partial charge in [-0.15, -0.1) is 0 Å². The number of carbonyl (C=O) groups is 1. The van der Waals surface area contributed by atoms with Crippen molar-refractivity contribution >= 4 is 5.97 Å². The molecule has 1 aliphatic rings. The molecule has 0 aromatic carbocycles. The number of carboxylic acids is 1. The minimum atomic E-state index is -0.707. The van der Waals surface area contributed by atoms with E-state index in [2.05, 4.69) is 15.0 Å². The van der Waals surface area contributed by atoms with E-state index in [0.717, 1.165) is 38.2 Å². The van der Waals surface area contributed by atoms with Crippen LogP contribution in [0.3, 0.4) is 0 Å². The summed E-state index contributed by atoms with van der Waals surface area (Å²) in [6.07, 6.45) is 3.25. The van der Waals surface area contributed by atoms with E-state index < -0.39 is 5.97 Å². The van der Waals surface area contributed by atoms with Crippen molar-refractivity contribution in [3.8, 4) is 0 Å². The van der Waals surface area contributed by atoms with Crippen molar-refractivity contribution in [3.63, 3.8) is 0 Å². The molecule has 0 aliphatic carbocycles. The monoisotopic (exact) mass is 281 g/mol. The van der Waals surface area contributed by atoms with Gasteiger partial charge in [-0.3, -0.25) is 9.69 Å². The lowest BCUT2D eigenvalue weighted by molar-refractivity contribution is -0.137. The molecule has 20 heavy (non-hydrogen) atoms. The molecule has 0 spiro atoms. The smallest absolute Gasteiger partial charge is 0.303 e. The van der Waals surface area contributed by atoms with E-state index in [1.807, 2.05) is 13.8 Å². The van der Waals surface area contributed by atoms with Crippen LogP contribution in [0, 0.1) is 5.92 Å². The van der Waals surface area contributed by atoms with Gasteiger partial charge in [-0.2, -0.15) is 4.98 Å². The molecule has 1 saturated heterocycles. The Morgan fingerprint density at radius 3 is 3.00 bits per heavy atom. The molecule has 2 heterocycles. The summed E-state index contributed by atoms with van der Waals surface area (Å²) in [5.74, 6) is 1.42. The van der Waals surface area contributed by atoms with Crippen LogP contribution in [0.4, 0.5) is 0 Å². The Labute approximate surface area is 119 Å². The quantitative estimate of drug-likeness (QED) is 0.861. The van der Waals surface area contributed by atoms with Gasteiger partial charge in [-0.05, 0) is 31.7 Å². The average Bonchev–Trinajstić information content (AvgIpc) is 2.85. The molecule has 6 nitrogen and oxygen atoms in total. The zero-order valence-electron chi connectivity index (χ0n) is 12.2. The van der Waals surface area contributed by atoms with Crippen LogP contribution in [0.5, 0.6) is 0 Å². The average molecular weight is 281 g/mol. The first kappa shape index (κ1) is 15.0. The van der Waals surface area contributed by atoms with Crippen molar-refractivity contribution in [2.24, 2.45) is 5.92 Å². The Kier molecular flexibility index (Phi) is 5.11. The number of hydrogen-bond acceptors (Lipinski definition) is 5. The number of aromatic nitrogens is 2. The lowest BCUT2D eigenvalue weighted by Gasteiger charge is -2.31. The maximum absolute atomic E-state index is 10.6. The maximum Gasteiger partial charge on any atom is 0.303 e. The third kappa shape index (κ3) is 4.30. The van der Waals surface area contributed by atoms with Crippen molar-refractivity contribution in [1.82, 2.24) is 15.0 Å². The van der Waals surface area contributed by atoms with Crippen LogP contribution in [-0.4, -0.2) is 39.2 Å². The van der Waals surface area contributed by atoms with Crippen molar-refractivity contribution in [1.29, 1.82) is 0 Å². The summed E-state index contributed by atoms with van der Waals surface area (Å²) in [5, 5.41) is 12.8. The molecule has 2 rings (SSSR count). The molecule has 0 radical (unpaired) electrons. The number of aliphatic carboxylic acids is 1. The van der Waals surface area contributed by atoms with Gasteiger partial charge < -0.3 is 9.63 Å². The van der Waals surface area contributed by atoms with Gasteiger partial charge in [0.1, 0.15) is 0 Å². The first-order valence-electron chi connectivity index (χ1n) is 7.31. The third-order valence-corrected chi connectivity index (χ3v) is 3.71. The zero-order valence-corrected chi connectivity index (χ0v) is 12.2. The first-order chi connectivity index (χ1) is 9.54. The highest BCUT2D eigenvalue weighted by atomic mass is 16.5. The fourth-order valence-corrected chi connectivity index (χ4v) is 2.62. The van der Waals surface area contributed by atoms with E-state index in [-0.39, 0.29) is 12.3 Å². The van der Waals surface area contributed by atoms with Crippen molar-refractivity contribution in [2.75, 3.05) is 13.1 Å². The van der Waals surface area contributed by atoms with Gasteiger partial charge in [0.05, 0.1) is 6.54 Å².